The van der Waals surface area contributed by atoms with Crippen molar-refractivity contribution in [3.63, 3.8) is 0 Å². The van der Waals surface area contributed by atoms with Crippen LogP contribution >= 0.6 is 24.0 Å². The van der Waals surface area contributed by atoms with E-state index in [4.69, 9.17) is 9.47 Å². The van der Waals surface area contributed by atoms with Crippen molar-refractivity contribution < 1.29 is 9.47 Å². The summed E-state index contributed by atoms with van der Waals surface area (Å²) in [6.45, 7) is 5.17. The lowest BCUT2D eigenvalue weighted by Crippen LogP contribution is -2.37. The predicted molar refractivity (Wildman–Crippen MR) is 126 cm³/mol. The molecule has 1 fully saturated rings. The van der Waals surface area contributed by atoms with Gasteiger partial charge in [-0.05, 0) is 50.7 Å². The molecule has 2 N–H and O–H groups in total. The first-order chi connectivity index (χ1) is 13.2. The first-order valence-corrected chi connectivity index (χ1v) is 10.2. The zero-order chi connectivity index (χ0) is 18.9. The summed E-state index contributed by atoms with van der Waals surface area (Å²) in [5, 5.41) is 6.84. The van der Waals surface area contributed by atoms with Gasteiger partial charge in [-0.2, -0.15) is 0 Å². The Balaban J connectivity index is 0.00000280. The summed E-state index contributed by atoms with van der Waals surface area (Å²) >= 11 is 0. The zero-order valence-corrected chi connectivity index (χ0v) is 19.5. The Kier molecular flexibility index (Phi) is 10.1. The Hall–Kier alpha value is -1.28. The van der Waals surface area contributed by atoms with Crippen molar-refractivity contribution in [2.75, 3.05) is 26.8 Å². The number of allylic oxidation sites excluding steroid dienone is 1. The van der Waals surface area contributed by atoms with Crippen LogP contribution in [0.4, 0.5) is 0 Å². The molecule has 6 heteroatoms. The number of benzene rings is 1. The average molecular weight is 499 g/mol. The van der Waals surface area contributed by atoms with E-state index in [-0.39, 0.29) is 30.1 Å². The Labute approximate surface area is 186 Å². The zero-order valence-electron chi connectivity index (χ0n) is 17.1. The molecule has 1 heterocycles. The number of hydrogen-bond donors (Lipinski definition) is 2. The van der Waals surface area contributed by atoms with Crippen molar-refractivity contribution in [2.24, 2.45) is 4.99 Å². The molecular weight excluding hydrogens is 465 g/mol. The SMILES string of the molecule is CN=C(NCCC1=CCCCC1)NCc1ccc(C)cc1OC1CCOC1.I. The molecule has 2 aliphatic rings. The first-order valence-electron chi connectivity index (χ1n) is 10.2. The van der Waals surface area contributed by atoms with Gasteiger partial charge in [-0.25, -0.2) is 0 Å². The highest BCUT2D eigenvalue weighted by atomic mass is 127. The number of hydrogen-bond acceptors (Lipinski definition) is 3. The van der Waals surface area contributed by atoms with Gasteiger partial charge < -0.3 is 20.1 Å². The van der Waals surface area contributed by atoms with Gasteiger partial charge in [0.25, 0.3) is 0 Å². The van der Waals surface area contributed by atoms with Crippen LogP contribution in [0.1, 0.15) is 49.7 Å². The van der Waals surface area contributed by atoms with Crippen molar-refractivity contribution in [3.8, 4) is 5.75 Å². The second-order valence-corrected chi connectivity index (χ2v) is 7.43. The summed E-state index contributed by atoms with van der Waals surface area (Å²) in [6.07, 6.45) is 9.79. The minimum Gasteiger partial charge on any atom is -0.488 e. The fraction of sp³-hybridized carbons (Fsp3) is 0.591. The van der Waals surface area contributed by atoms with E-state index in [0.29, 0.717) is 13.2 Å². The smallest absolute Gasteiger partial charge is 0.191 e. The van der Waals surface area contributed by atoms with Gasteiger partial charge in [-0.1, -0.05) is 23.8 Å². The average Bonchev–Trinajstić information content (AvgIpc) is 3.19. The van der Waals surface area contributed by atoms with Crippen LogP contribution in [0.5, 0.6) is 5.75 Å². The van der Waals surface area contributed by atoms with E-state index in [1.165, 1.54) is 31.2 Å². The molecule has 1 aliphatic carbocycles. The van der Waals surface area contributed by atoms with Gasteiger partial charge in [-0.3, -0.25) is 4.99 Å². The summed E-state index contributed by atoms with van der Waals surface area (Å²) in [5.74, 6) is 1.78. The molecule has 3 rings (SSSR count). The molecule has 0 spiro atoms. The second-order valence-electron chi connectivity index (χ2n) is 7.43. The Morgan fingerprint density at radius 2 is 2.18 bits per heavy atom. The minimum absolute atomic E-state index is 0. The molecule has 0 amide bonds. The molecule has 156 valence electrons. The summed E-state index contributed by atoms with van der Waals surface area (Å²) in [5.41, 5.74) is 3.93. The monoisotopic (exact) mass is 499 g/mol. The number of nitrogens with one attached hydrogen (secondary N) is 2. The van der Waals surface area contributed by atoms with Gasteiger partial charge in [0.05, 0.1) is 13.2 Å². The molecule has 0 aromatic heterocycles. The van der Waals surface area contributed by atoms with Crippen LogP contribution in [0.15, 0.2) is 34.8 Å². The number of rotatable bonds is 7. The third-order valence-electron chi connectivity index (χ3n) is 5.20. The van der Waals surface area contributed by atoms with E-state index in [1.54, 1.807) is 5.57 Å². The lowest BCUT2D eigenvalue weighted by Gasteiger charge is -2.18. The van der Waals surface area contributed by atoms with Crippen molar-refractivity contribution >= 4 is 29.9 Å². The molecular formula is C22H34IN3O2. The standard InChI is InChI=1S/C22H33N3O2.HI/c1-17-8-9-19(21(14-17)27-20-11-13-26-16-20)15-25-22(23-2)24-12-10-18-6-4-3-5-7-18;/h6,8-9,14,20H,3-5,7,10-13,15-16H2,1-2H3,(H2,23,24,25);1H. The van der Waals surface area contributed by atoms with Gasteiger partial charge in [0, 0.05) is 32.1 Å². The van der Waals surface area contributed by atoms with Gasteiger partial charge in [0.2, 0.25) is 0 Å². The predicted octanol–water partition coefficient (Wildman–Crippen LogP) is 4.34. The number of ether oxygens (including phenoxy) is 2. The van der Waals surface area contributed by atoms with Crippen molar-refractivity contribution in [2.45, 2.75) is 58.1 Å². The summed E-state index contributed by atoms with van der Waals surface area (Å²) in [6, 6.07) is 6.37. The number of guanidine groups is 1. The van der Waals surface area contributed by atoms with Crippen LogP contribution in [-0.2, 0) is 11.3 Å². The summed E-state index contributed by atoms with van der Waals surface area (Å²) in [4.78, 5) is 4.35. The highest BCUT2D eigenvalue weighted by Crippen LogP contribution is 2.24. The van der Waals surface area contributed by atoms with E-state index >= 15 is 0 Å². The first kappa shape index (κ1) is 23.0. The Morgan fingerprint density at radius 1 is 1.29 bits per heavy atom. The van der Waals surface area contributed by atoms with Crippen LogP contribution in [0.3, 0.4) is 0 Å². The van der Waals surface area contributed by atoms with E-state index in [1.807, 2.05) is 7.05 Å². The van der Waals surface area contributed by atoms with Crippen LogP contribution in [0.25, 0.3) is 0 Å². The maximum absolute atomic E-state index is 6.18. The molecule has 1 unspecified atom stereocenters. The van der Waals surface area contributed by atoms with E-state index in [9.17, 15) is 0 Å². The quantitative estimate of drug-likeness (QED) is 0.254. The van der Waals surface area contributed by atoms with Crippen molar-refractivity contribution in [1.29, 1.82) is 0 Å². The summed E-state index contributed by atoms with van der Waals surface area (Å²) < 4.78 is 11.6. The summed E-state index contributed by atoms with van der Waals surface area (Å²) in [7, 11) is 1.82. The highest BCUT2D eigenvalue weighted by molar-refractivity contribution is 14.0. The number of aliphatic imine (C=N–C) groups is 1. The fourth-order valence-electron chi connectivity index (χ4n) is 3.58. The number of aryl methyl sites for hydroxylation is 1. The Morgan fingerprint density at radius 3 is 2.89 bits per heavy atom. The van der Waals surface area contributed by atoms with E-state index in [2.05, 4.69) is 46.8 Å². The van der Waals surface area contributed by atoms with Gasteiger partial charge in [0.15, 0.2) is 5.96 Å². The molecule has 5 nitrogen and oxygen atoms in total. The molecule has 1 atom stereocenters. The Bertz CT molecular complexity index is 670. The van der Waals surface area contributed by atoms with Crippen LogP contribution in [0, 0.1) is 6.92 Å². The van der Waals surface area contributed by atoms with Crippen LogP contribution in [0.2, 0.25) is 0 Å². The topological polar surface area (TPSA) is 54.9 Å². The van der Waals surface area contributed by atoms with E-state index < -0.39 is 0 Å². The van der Waals surface area contributed by atoms with Gasteiger partial charge >= 0.3 is 0 Å². The van der Waals surface area contributed by atoms with Crippen LogP contribution < -0.4 is 15.4 Å². The molecule has 0 radical (unpaired) electrons. The van der Waals surface area contributed by atoms with Gasteiger partial charge in [0.1, 0.15) is 11.9 Å². The van der Waals surface area contributed by atoms with Crippen molar-refractivity contribution in [3.05, 3.63) is 41.0 Å². The largest absolute Gasteiger partial charge is 0.488 e. The second kappa shape index (κ2) is 12.3. The molecule has 0 bridgehead atoms. The number of nitrogens with zero attached hydrogens (tertiary/aromatic N) is 1. The molecule has 1 aromatic rings. The molecule has 0 saturated carbocycles. The maximum atomic E-state index is 6.18. The third kappa shape index (κ3) is 7.28. The third-order valence-corrected chi connectivity index (χ3v) is 5.20. The van der Waals surface area contributed by atoms with Crippen LogP contribution in [-0.4, -0.2) is 38.9 Å². The number of halogens is 1. The lowest BCUT2D eigenvalue weighted by atomic mass is 9.97. The highest BCUT2D eigenvalue weighted by Gasteiger charge is 2.18. The molecule has 1 aliphatic heterocycles. The fourth-order valence-corrected chi connectivity index (χ4v) is 3.58. The van der Waals surface area contributed by atoms with E-state index in [0.717, 1.165) is 43.3 Å². The lowest BCUT2D eigenvalue weighted by molar-refractivity contribution is 0.140. The van der Waals surface area contributed by atoms with Gasteiger partial charge in [-0.15, -0.1) is 24.0 Å². The minimum atomic E-state index is 0. The van der Waals surface area contributed by atoms with Crippen molar-refractivity contribution in [1.82, 2.24) is 10.6 Å². The normalized spacial score (nSPS) is 19.6. The maximum Gasteiger partial charge on any atom is 0.191 e. The molecule has 28 heavy (non-hydrogen) atoms. The molecule has 1 aromatic carbocycles. The molecule has 1 saturated heterocycles.